The van der Waals surface area contributed by atoms with Crippen molar-refractivity contribution in [3.8, 4) is 0 Å². The van der Waals surface area contributed by atoms with Crippen LogP contribution >= 0.6 is 22.8 Å². The molecule has 0 aromatic rings. The summed E-state index contributed by atoms with van der Waals surface area (Å²) < 4.78 is 0. The average Bonchev–Trinajstić information content (AvgIpc) is 2.87. The first kappa shape index (κ1) is 81.3. The molecule has 0 N–H and O–H groups in total. The van der Waals surface area contributed by atoms with Crippen molar-refractivity contribution in [1.82, 2.24) is 0 Å². The molecule has 0 fully saturated rings. The van der Waals surface area contributed by atoms with Gasteiger partial charge in [0.2, 0.25) is 0 Å². The Balaban J connectivity index is -0.0000000513. The molecule has 0 aliphatic rings. The van der Waals surface area contributed by atoms with E-state index in [1.807, 2.05) is 55.4 Å². The Kier molecular flexibility index (Phi) is 79.9. The Morgan fingerprint density at radius 3 is 0.400 bits per heavy atom. The van der Waals surface area contributed by atoms with E-state index in [-0.39, 0.29) is 106 Å². The maximum absolute atomic E-state index is 11.0. The zero-order valence-corrected chi connectivity index (χ0v) is 53.3. The first-order chi connectivity index (χ1) is 20.1. The van der Waals surface area contributed by atoms with Gasteiger partial charge in [0.1, 0.15) is 0 Å². The van der Waals surface area contributed by atoms with Crippen molar-refractivity contribution in [2.75, 3.05) is 46.0 Å². The van der Waals surface area contributed by atoms with Crippen LogP contribution in [0.1, 0.15) is 107 Å². The van der Waals surface area contributed by atoms with E-state index < -0.39 is 63.1 Å². The topological polar surface area (TPSA) is 184 Å². The zero-order chi connectivity index (χ0) is 35.6. The summed E-state index contributed by atoms with van der Waals surface area (Å²) in [5.74, 6) is 5.99. The predicted molar refractivity (Wildman–Crippen MR) is 242 cm³/mol. The summed E-state index contributed by atoms with van der Waals surface area (Å²) >= 11 is 17.8. The molecule has 8 nitrogen and oxygen atoms in total. The summed E-state index contributed by atoms with van der Waals surface area (Å²) in [6.07, 6.45) is 7.27. The number of rotatable bonds is 16. The molecule has 0 aromatic carbocycles. The molecule has 50 heavy (non-hydrogen) atoms. The third-order valence-electron chi connectivity index (χ3n) is 4.78. The summed E-state index contributed by atoms with van der Waals surface area (Å²) in [5.41, 5.74) is -13.8. The molecule has 0 spiro atoms. The predicted octanol–water partition coefficient (Wildman–Crippen LogP) is -0.806. The molecular weight excluding hydrogens is 1230 g/mol. The number of hydrogen-bond acceptors (Lipinski definition) is 12. The van der Waals surface area contributed by atoms with Gasteiger partial charge < -0.3 is 111 Å². The van der Waals surface area contributed by atoms with E-state index in [0.717, 1.165) is 97.4 Å². The van der Waals surface area contributed by atoms with Gasteiger partial charge in [0.25, 0.3) is 0 Å². The third-order valence-corrected chi connectivity index (χ3v) is 33.9. The molecule has 0 aliphatic heterocycles. The van der Waals surface area contributed by atoms with Crippen LogP contribution in [0.3, 0.4) is 0 Å². The molecule has 0 saturated carbocycles. The maximum Gasteiger partial charge on any atom is 0 e. The van der Waals surface area contributed by atoms with Gasteiger partial charge in [-0.05, 0) is 97.4 Å². The number of hydrogen-bond donors (Lipinski definition) is 0. The minimum absolute atomic E-state index is 0. The molecule has 0 aliphatic carbocycles. The van der Waals surface area contributed by atoms with Gasteiger partial charge in [-0.1, -0.05) is 55.4 Å². The first-order valence-electron chi connectivity index (χ1n) is 14.9. The summed E-state index contributed by atoms with van der Waals surface area (Å²) in [5, 5.41) is 0. The molecule has 0 saturated heterocycles. The monoisotopic (exact) mass is 1300 g/mol. The van der Waals surface area contributed by atoms with Crippen LogP contribution in [0, 0.1) is 0 Å². The average molecular weight is 1290 g/mol. The molecular formula is C24H56Ge6O8P4S8-12. The Bertz CT molecular complexity index is 769. The molecule has 0 atom stereocenters. The van der Waals surface area contributed by atoms with E-state index >= 15 is 0 Å². The summed E-state index contributed by atoms with van der Waals surface area (Å²) in [7, 11) is -2.11. The van der Waals surface area contributed by atoms with Crippen molar-refractivity contribution in [3.05, 3.63) is 0 Å². The fraction of sp³-hybridized carbons (Fsp3) is 1.00. The summed E-state index contributed by atoms with van der Waals surface area (Å²) in [6.45, 7) is 15.9. The fourth-order valence-corrected chi connectivity index (χ4v) is 24.7. The van der Waals surface area contributed by atoms with Crippen LogP contribution in [0.5, 0.6) is 0 Å². The van der Waals surface area contributed by atoms with E-state index in [1.54, 1.807) is 0 Å². The molecule has 24 radical (unpaired) electrons. The van der Waals surface area contributed by atoms with Crippen LogP contribution < -0.4 is 39.1 Å². The van der Waals surface area contributed by atoms with Gasteiger partial charge >= 0.3 is 0 Å². The van der Waals surface area contributed by atoms with Gasteiger partial charge in [-0.25, -0.2) is 40.3 Å². The Morgan fingerprint density at radius 2 is 0.360 bits per heavy atom. The second-order valence-electron chi connectivity index (χ2n) is 9.27. The smallest absolute Gasteiger partial charge is 0 e. The van der Waals surface area contributed by atoms with Gasteiger partial charge in [0.15, 0.2) is 0 Å². The standard InChI is InChI=1S/4C6H14O2PS2.6Ge/c4*1-3-5-11(6-4-2)9(7,8)10;;;;;;/h4*3-6H2,1-2H3;;;;;;/q4*-3;;;;;;. The van der Waals surface area contributed by atoms with Gasteiger partial charge in [0.05, 0.1) is 0 Å². The molecule has 26 heteroatoms. The molecule has 0 aromatic heterocycles. The zero-order valence-electron chi connectivity index (χ0n) is 30.6. The largest absolute Gasteiger partial charge is 0.854 e. The van der Waals surface area contributed by atoms with Crippen LogP contribution in [0.15, 0.2) is 0 Å². The van der Waals surface area contributed by atoms with E-state index in [2.05, 4.69) is 49.0 Å². The normalized spacial score (nSPS) is 11.0. The second-order valence-corrected chi connectivity index (χ2v) is 40.3. The van der Waals surface area contributed by atoms with Crippen LogP contribution in [0.25, 0.3) is 0 Å². The van der Waals surface area contributed by atoms with Crippen molar-refractivity contribution >= 4 is 218 Å². The molecule has 304 valence electrons. The molecule has 0 unspecified atom stereocenters. The van der Waals surface area contributed by atoms with Gasteiger partial charge in [-0.3, -0.25) is 0 Å². The van der Waals surface area contributed by atoms with E-state index in [4.69, 9.17) is 0 Å². The second kappa shape index (κ2) is 49.1. The minimum atomic E-state index is -3.45. The van der Waals surface area contributed by atoms with Crippen molar-refractivity contribution < 1.29 is 39.1 Å². The Hall–Kier alpha value is 7.46. The third kappa shape index (κ3) is 53.5. The van der Waals surface area contributed by atoms with Crippen molar-refractivity contribution in [2.24, 2.45) is 0 Å². The summed E-state index contributed by atoms with van der Waals surface area (Å²) in [4.78, 5) is 87.7. The van der Waals surface area contributed by atoms with Crippen molar-refractivity contribution in [3.63, 3.8) is 0 Å². The fourth-order valence-electron chi connectivity index (χ4n) is 3.19. The van der Waals surface area contributed by atoms with Crippen LogP contribution in [-0.4, -0.2) is 152 Å². The van der Waals surface area contributed by atoms with Crippen LogP contribution in [0.4, 0.5) is 0 Å². The van der Waals surface area contributed by atoms with Crippen LogP contribution in [0.2, 0.25) is 0 Å². The summed E-state index contributed by atoms with van der Waals surface area (Å²) in [6, 6.07) is 0. The molecule has 0 amide bonds. The van der Waals surface area contributed by atoms with Crippen LogP contribution in [-0.2, 0) is 89.3 Å². The van der Waals surface area contributed by atoms with Gasteiger partial charge in [-0.2, -0.15) is 0 Å². The Morgan fingerprint density at radius 1 is 0.280 bits per heavy atom. The SMILES string of the molecule is CCCS(CCC)=P([O-])([O-])[S-].CCCS(CCC)=P([O-])([O-])[S-].CCCS(CCC)=P([O-])([O-])[S-].CCCS(CCC)=P([O-])([O-])[S-].[Ge].[Ge].[Ge].[Ge].[Ge].[Ge]. The van der Waals surface area contributed by atoms with E-state index in [1.165, 1.54) is 0 Å². The van der Waals surface area contributed by atoms with Gasteiger partial charge in [0, 0.05) is 106 Å². The maximum atomic E-state index is 11.0. The van der Waals surface area contributed by atoms with Crippen molar-refractivity contribution in [2.45, 2.75) is 107 Å². The molecule has 0 heterocycles. The molecule has 0 bridgehead atoms. The van der Waals surface area contributed by atoms with E-state index in [0.29, 0.717) is 0 Å². The minimum Gasteiger partial charge on any atom is -0.854 e. The van der Waals surface area contributed by atoms with Crippen molar-refractivity contribution in [1.29, 1.82) is 0 Å². The molecule has 0 rings (SSSR count). The van der Waals surface area contributed by atoms with Gasteiger partial charge in [-0.15, -0.1) is 0 Å². The first-order valence-corrected chi connectivity index (χ1v) is 34.1. The van der Waals surface area contributed by atoms with E-state index in [9.17, 15) is 39.1 Å². The quantitative estimate of drug-likeness (QED) is 0.107. The Labute approximate surface area is 404 Å².